The SMILES string of the molecule is Cc1ccncc1C(Cc1cccc(Br)c1)NN. The molecule has 18 heavy (non-hydrogen) atoms. The maximum Gasteiger partial charge on any atom is 0.0518 e. The van der Waals surface area contributed by atoms with E-state index in [2.05, 4.69) is 45.4 Å². The smallest absolute Gasteiger partial charge is 0.0518 e. The van der Waals surface area contributed by atoms with E-state index in [4.69, 9.17) is 5.84 Å². The van der Waals surface area contributed by atoms with Crippen LogP contribution in [0.1, 0.15) is 22.7 Å². The van der Waals surface area contributed by atoms with Gasteiger partial charge in [-0.2, -0.15) is 0 Å². The monoisotopic (exact) mass is 305 g/mol. The van der Waals surface area contributed by atoms with Crippen molar-refractivity contribution in [1.29, 1.82) is 0 Å². The molecule has 3 N–H and O–H groups in total. The Morgan fingerprint density at radius 3 is 2.89 bits per heavy atom. The predicted octanol–water partition coefficient (Wildman–Crippen LogP) is 2.90. The maximum absolute atomic E-state index is 5.67. The Kier molecular flexibility index (Phi) is 4.47. The summed E-state index contributed by atoms with van der Waals surface area (Å²) in [6, 6.07) is 10.3. The largest absolute Gasteiger partial charge is 0.271 e. The minimum absolute atomic E-state index is 0.0769. The Morgan fingerprint density at radius 1 is 1.39 bits per heavy atom. The molecule has 0 spiro atoms. The number of rotatable bonds is 4. The number of benzene rings is 1. The number of hydrazine groups is 1. The highest BCUT2D eigenvalue weighted by Gasteiger charge is 2.13. The van der Waals surface area contributed by atoms with Crippen LogP contribution in [-0.2, 0) is 6.42 Å². The topological polar surface area (TPSA) is 50.9 Å². The molecule has 2 aromatic rings. The van der Waals surface area contributed by atoms with Crippen LogP contribution in [0.5, 0.6) is 0 Å². The fourth-order valence-corrected chi connectivity index (χ4v) is 2.45. The lowest BCUT2D eigenvalue weighted by Crippen LogP contribution is -2.30. The third-order valence-electron chi connectivity index (χ3n) is 2.99. The number of aromatic nitrogens is 1. The van der Waals surface area contributed by atoms with Crippen molar-refractivity contribution in [3.05, 3.63) is 63.9 Å². The van der Waals surface area contributed by atoms with Gasteiger partial charge in [-0.1, -0.05) is 28.1 Å². The number of halogens is 1. The summed E-state index contributed by atoms with van der Waals surface area (Å²) < 4.78 is 1.08. The molecule has 4 heteroatoms. The van der Waals surface area contributed by atoms with Gasteiger partial charge in [-0.05, 0) is 48.2 Å². The zero-order chi connectivity index (χ0) is 13.0. The molecule has 0 radical (unpaired) electrons. The summed E-state index contributed by atoms with van der Waals surface area (Å²) in [7, 11) is 0. The Bertz CT molecular complexity index is 528. The third-order valence-corrected chi connectivity index (χ3v) is 3.48. The van der Waals surface area contributed by atoms with Gasteiger partial charge in [0, 0.05) is 16.9 Å². The standard InChI is InChI=1S/C14H16BrN3/c1-10-5-6-17-9-13(10)14(18-16)8-11-3-2-4-12(15)7-11/h2-7,9,14,18H,8,16H2,1H3. The minimum atomic E-state index is 0.0769. The van der Waals surface area contributed by atoms with Gasteiger partial charge in [-0.25, -0.2) is 0 Å². The highest BCUT2D eigenvalue weighted by atomic mass is 79.9. The number of hydrogen-bond acceptors (Lipinski definition) is 3. The third kappa shape index (κ3) is 3.16. The highest BCUT2D eigenvalue weighted by Crippen LogP contribution is 2.21. The van der Waals surface area contributed by atoms with Gasteiger partial charge in [0.15, 0.2) is 0 Å². The first-order valence-corrected chi connectivity index (χ1v) is 6.61. The van der Waals surface area contributed by atoms with Crippen LogP contribution >= 0.6 is 15.9 Å². The van der Waals surface area contributed by atoms with Crippen molar-refractivity contribution in [2.45, 2.75) is 19.4 Å². The molecule has 0 aliphatic carbocycles. The van der Waals surface area contributed by atoms with Gasteiger partial charge < -0.3 is 0 Å². The van der Waals surface area contributed by atoms with Gasteiger partial charge in [0.25, 0.3) is 0 Å². The molecule has 0 bridgehead atoms. The van der Waals surface area contributed by atoms with Gasteiger partial charge in [0.1, 0.15) is 0 Å². The highest BCUT2D eigenvalue weighted by molar-refractivity contribution is 9.10. The summed E-state index contributed by atoms with van der Waals surface area (Å²) in [5, 5.41) is 0. The Morgan fingerprint density at radius 2 is 2.22 bits per heavy atom. The van der Waals surface area contributed by atoms with E-state index in [-0.39, 0.29) is 6.04 Å². The number of nitrogens with two attached hydrogens (primary N) is 1. The number of nitrogens with zero attached hydrogens (tertiary/aromatic N) is 1. The van der Waals surface area contributed by atoms with Crippen LogP contribution in [0.15, 0.2) is 47.2 Å². The van der Waals surface area contributed by atoms with Crippen LogP contribution in [0.25, 0.3) is 0 Å². The van der Waals surface area contributed by atoms with Crippen molar-refractivity contribution >= 4 is 15.9 Å². The first-order valence-electron chi connectivity index (χ1n) is 5.82. The summed E-state index contributed by atoms with van der Waals surface area (Å²) in [4.78, 5) is 4.17. The normalized spacial score (nSPS) is 12.4. The van der Waals surface area contributed by atoms with Crippen molar-refractivity contribution < 1.29 is 0 Å². The molecule has 0 aliphatic heterocycles. The van der Waals surface area contributed by atoms with Crippen molar-refractivity contribution in [1.82, 2.24) is 10.4 Å². The summed E-state index contributed by atoms with van der Waals surface area (Å²) >= 11 is 3.48. The molecule has 0 saturated heterocycles. The summed E-state index contributed by atoms with van der Waals surface area (Å²) in [5.41, 5.74) is 6.44. The van der Waals surface area contributed by atoms with E-state index in [0.29, 0.717) is 0 Å². The van der Waals surface area contributed by atoms with E-state index in [1.807, 2.05) is 24.4 Å². The Balaban J connectivity index is 2.23. The van der Waals surface area contributed by atoms with E-state index < -0.39 is 0 Å². The van der Waals surface area contributed by atoms with Crippen molar-refractivity contribution in [3.63, 3.8) is 0 Å². The summed E-state index contributed by atoms with van der Waals surface area (Å²) in [6.07, 6.45) is 4.51. The molecule has 1 aromatic heterocycles. The molecule has 3 nitrogen and oxygen atoms in total. The van der Waals surface area contributed by atoms with Gasteiger partial charge >= 0.3 is 0 Å². The van der Waals surface area contributed by atoms with Gasteiger partial charge in [0.2, 0.25) is 0 Å². The average Bonchev–Trinajstić information content (AvgIpc) is 2.37. The number of hydrogen-bond donors (Lipinski definition) is 2. The van der Waals surface area contributed by atoms with E-state index in [0.717, 1.165) is 16.5 Å². The second-order valence-corrected chi connectivity index (χ2v) is 5.20. The fraction of sp³-hybridized carbons (Fsp3) is 0.214. The molecule has 94 valence electrons. The van der Waals surface area contributed by atoms with Crippen LogP contribution in [0.2, 0.25) is 0 Å². The molecule has 0 amide bonds. The molecule has 1 atom stereocenters. The first-order chi connectivity index (χ1) is 8.70. The Hall–Kier alpha value is -1.23. The molecule has 1 heterocycles. The number of nitrogens with one attached hydrogen (secondary N) is 1. The van der Waals surface area contributed by atoms with Crippen LogP contribution < -0.4 is 11.3 Å². The van der Waals surface area contributed by atoms with Gasteiger partial charge in [-0.15, -0.1) is 0 Å². The van der Waals surface area contributed by atoms with Crippen LogP contribution in [-0.4, -0.2) is 4.98 Å². The Labute approximate surface area is 116 Å². The molecule has 0 aliphatic rings. The molecular weight excluding hydrogens is 290 g/mol. The van der Waals surface area contributed by atoms with Crippen LogP contribution in [0.4, 0.5) is 0 Å². The van der Waals surface area contributed by atoms with Crippen LogP contribution in [0, 0.1) is 6.92 Å². The van der Waals surface area contributed by atoms with E-state index >= 15 is 0 Å². The second-order valence-electron chi connectivity index (χ2n) is 4.29. The molecule has 0 saturated carbocycles. The van der Waals surface area contributed by atoms with E-state index in [1.54, 1.807) is 6.20 Å². The molecule has 2 rings (SSSR count). The van der Waals surface area contributed by atoms with Crippen molar-refractivity contribution in [2.24, 2.45) is 5.84 Å². The first kappa shape index (κ1) is 13.2. The molecule has 0 fully saturated rings. The van der Waals surface area contributed by atoms with E-state index in [9.17, 15) is 0 Å². The quantitative estimate of drug-likeness (QED) is 0.674. The van der Waals surface area contributed by atoms with Crippen LogP contribution in [0.3, 0.4) is 0 Å². The van der Waals surface area contributed by atoms with Gasteiger partial charge in [-0.3, -0.25) is 16.3 Å². The lowest BCUT2D eigenvalue weighted by molar-refractivity contribution is 0.547. The second kappa shape index (κ2) is 6.09. The molecular formula is C14H16BrN3. The maximum atomic E-state index is 5.67. The minimum Gasteiger partial charge on any atom is -0.271 e. The van der Waals surface area contributed by atoms with Gasteiger partial charge in [0.05, 0.1) is 6.04 Å². The number of pyridine rings is 1. The molecule has 1 aromatic carbocycles. The van der Waals surface area contributed by atoms with Crippen molar-refractivity contribution in [2.75, 3.05) is 0 Å². The lowest BCUT2D eigenvalue weighted by Gasteiger charge is -2.18. The van der Waals surface area contributed by atoms with Crippen molar-refractivity contribution in [3.8, 4) is 0 Å². The zero-order valence-corrected chi connectivity index (χ0v) is 11.8. The predicted molar refractivity (Wildman–Crippen MR) is 76.9 cm³/mol. The average molecular weight is 306 g/mol. The number of aryl methyl sites for hydroxylation is 1. The fourth-order valence-electron chi connectivity index (χ4n) is 2.00. The lowest BCUT2D eigenvalue weighted by atomic mass is 9.98. The molecule has 1 unspecified atom stereocenters. The summed E-state index contributed by atoms with van der Waals surface area (Å²) in [6.45, 7) is 2.07. The van der Waals surface area contributed by atoms with E-state index in [1.165, 1.54) is 11.1 Å². The summed E-state index contributed by atoms with van der Waals surface area (Å²) in [5.74, 6) is 5.67. The zero-order valence-electron chi connectivity index (χ0n) is 10.2.